The second kappa shape index (κ2) is 7.01. The Bertz CT molecular complexity index is 405. The molecule has 1 amide bonds. The van der Waals surface area contributed by atoms with Crippen molar-refractivity contribution in [2.75, 3.05) is 19.0 Å². The number of carbonyl (C=O) groups is 1. The molecule has 0 aliphatic rings. The average molecular weight is 250 g/mol. The summed E-state index contributed by atoms with van der Waals surface area (Å²) in [6.07, 6.45) is 2.05. The SMILES string of the molecule is COc1ccc(C(C)CCCN)cc1NC(C)=O. The number of ether oxygens (including phenoxy) is 1. The van der Waals surface area contributed by atoms with Gasteiger partial charge in [-0.25, -0.2) is 0 Å². The lowest BCUT2D eigenvalue weighted by molar-refractivity contribution is -0.114. The van der Waals surface area contributed by atoms with Gasteiger partial charge in [0.2, 0.25) is 5.91 Å². The zero-order valence-electron chi connectivity index (χ0n) is 11.3. The Kier molecular flexibility index (Phi) is 5.65. The smallest absolute Gasteiger partial charge is 0.221 e. The van der Waals surface area contributed by atoms with Gasteiger partial charge in [0.15, 0.2) is 0 Å². The molecule has 1 unspecified atom stereocenters. The van der Waals surface area contributed by atoms with Gasteiger partial charge in [0.05, 0.1) is 12.8 Å². The van der Waals surface area contributed by atoms with E-state index in [-0.39, 0.29) is 5.91 Å². The van der Waals surface area contributed by atoms with E-state index in [1.165, 1.54) is 12.5 Å². The molecule has 18 heavy (non-hydrogen) atoms. The van der Waals surface area contributed by atoms with Gasteiger partial charge in [-0.1, -0.05) is 13.0 Å². The number of methoxy groups -OCH3 is 1. The van der Waals surface area contributed by atoms with E-state index >= 15 is 0 Å². The molecule has 3 N–H and O–H groups in total. The van der Waals surface area contributed by atoms with Crippen LogP contribution in [0.5, 0.6) is 5.75 Å². The highest BCUT2D eigenvalue weighted by Gasteiger charge is 2.10. The summed E-state index contributed by atoms with van der Waals surface area (Å²) >= 11 is 0. The maximum atomic E-state index is 11.2. The highest BCUT2D eigenvalue weighted by Crippen LogP contribution is 2.30. The molecule has 0 heterocycles. The predicted octanol–water partition coefficient (Wildman–Crippen LogP) is 2.50. The molecule has 0 radical (unpaired) electrons. The maximum Gasteiger partial charge on any atom is 0.221 e. The first-order valence-electron chi connectivity index (χ1n) is 6.24. The number of nitrogens with one attached hydrogen (secondary N) is 1. The number of rotatable bonds is 6. The van der Waals surface area contributed by atoms with E-state index in [0.717, 1.165) is 18.5 Å². The van der Waals surface area contributed by atoms with Crippen molar-refractivity contribution in [1.29, 1.82) is 0 Å². The molecule has 0 aliphatic heterocycles. The zero-order valence-corrected chi connectivity index (χ0v) is 11.3. The minimum absolute atomic E-state index is 0.0972. The summed E-state index contributed by atoms with van der Waals surface area (Å²) in [5.41, 5.74) is 7.43. The zero-order chi connectivity index (χ0) is 13.5. The molecule has 1 rings (SSSR count). The molecule has 1 aromatic carbocycles. The Hall–Kier alpha value is -1.55. The third kappa shape index (κ3) is 4.04. The Balaban J connectivity index is 2.90. The van der Waals surface area contributed by atoms with Gasteiger partial charge in [-0.05, 0) is 43.0 Å². The summed E-state index contributed by atoms with van der Waals surface area (Å²) in [7, 11) is 1.60. The van der Waals surface area contributed by atoms with E-state index in [4.69, 9.17) is 10.5 Å². The highest BCUT2D eigenvalue weighted by molar-refractivity contribution is 5.90. The quantitative estimate of drug-likeness (QED) is 0.815. The summed E-state index contributed by atoms with van der Waals surface area (Å²) in [6.45, 7) is 4.36. The summed E-state index contributed by atoms with van der Waals surface area (Å²) in [5, 5.41) is 2.79. The van der Waals surface area contributed by atoms with Crippen molar-refractivity contribution in [3.63, 3.8) is 0 Å². The molecule has 1 atom stereocenters. The van der Waals surface area contributed by atoms with Crippen LogP contribution >= 0.6 is 0 Å². The van der Waals surface area contributed by atoms with Gasteiger partial charge in [0.25, 0.3) is 0 Å². The lowest BCUT2D eigenvalue weighted by atomic mass is 9.95. The summed E-state index contributed by atoms with van der Waals surface area (Å²) < 4.78 is 5.23. The molecule has 0 saturated heterocycles. The number of hydrogen-bond donors (Lipinski definition) is 2. The van der Waals surface area contributed by atoms with Crippen molar-refractivity contribution in [1.82, 2.24) is 0 Å². The fraction of sp³-hybridized carbons (Fsp3) is 0.500. The molecule has 4 heteroatoms. The lowest BCUT2D eigenvalue weighted by Gasteiger charge is -2.15. The van der Waals surface area contributed by atoms with E-state index in [2.05, 4.69) is 12.2 Å². The number of benzene rings is 1. The van der Waals surface area contributed by atoms with Crippen molar-refractivity contribution in [3.05, 3.63) is 23.8 Å². The van der Waals surface area contributed by atoms with Crippen LogP contribution in [0, 0.1) is 0 Å². The van der Waals surface area contributed by atoms with Crippen LogP contribution in [0.3, 0.4) is 0 Å². The van der Waals surface area contributed by atoms with E-state index in [0.29, 0.717) is 18.2 Å². The molecule has 0 fully saturated rings. The maximum absolute atomic E-state index is 11.2. The molecular weight excluding hydrogens is 228 g/mol. The normalized spacial score (nSPS) is 12.0. The van der Waals surface area contributed by atoms with Crippen molar-refractivity contribution in [3.8, 4) is 5.75 Å². The van der Waals surface area contributed by atoms with Gasteiger partial charge in [-0.2, -0.15) is 0 Å². The highest BCUT2D eigenvalue weighted by atomic mass is 16.5. The van der Waals surface area contributed by atoms with Crippen molar-refractivity contribution < 1.29 is 9.53 Å². The van der Waals surface area contributed by atoms with Crippen LogP contribution in [0.1, 0.15) is 38.2 Å². The lowest BCUT2D eigenvalue weighted by Crippen LogP contribution is -2.08. The first kappa shape index (κ1) is 14.5. The predicted molar refractivity (Wildman–Crippen MR) is 74.0 cm³/mol. The van der Waals surface area contributed by atoms with E-state index in [9.17, 15) is 4.79 Å². The summed E-state index contributed by atoms with van der Waals surface area (Å²) in [5.74, 6) is 1.01. The molecule has 0 aromatic heterocycles. The fourth-order valence-electron chi connectivity index (χ4n) is 1.91. The first-order chi connectivity index (χ1) is 8.58. The van der Waals surface area contributed by atoms with Gasteiger partial charge >= 0.3 is 0 Å². The monoisotopic (exact) mass is 250 g/mol. The standard InChI is InChI=1S/C14H22N2O2/c1-10(5-4-8-15)12-6-7-14(18-3)13(9-12)16-11(2)17/h6-7,9-10H,4-5,8,15H2,1-3H3,(H,16,17). The second-order valence-corrected chi connectivity index (χ2v) is 4.47. The molecule has 0 bridgehead atoms. The van der Waals surface area contributed by atoms with Crippen molar-refractivity contribution in [2.45, 2.75) is 32.6 Å². The molecule has 100 valence electrons. The Morgan fingerprint density at radius 1 is 1.50 bits per heavy atom. The van der Waals surface area contributed by atoms with Crippen LogP contribution < -0.4 is 15.8 Å². The Morgan fingerprint density at radius 3 is 2.78 bits per heavy atom. The minimum Gasteiger partial charge on any atom is -0.495 e. The van der Waals surface area contributed by atoms with E-state index in [1.54, 1.807) is 7.11 Å². The van der Waals surface area contributed by atoms with Crippen LogP contribution in [-0.2, 0) is 4.79 Å². The van der Waals surface area contributed by atoms with Crippen LogP contribution in [0.2, 0.25) is 0 Å². The van der Waals surface area contributed by atoms with Gasteiger partial charge in [0.1, 0.15) is 5.75 Å². The third-order valence-corrected chi connectivity index (χ3v) is 2.94. The summed E-state index contributed by atoms with van der Waals surface area (Å²) in [4.78, 5) is 11.2. The third-order valence-electron chi connectivity index (χ3n) is 2.94. The minimum atomic E-state index is -0.0972. The molecule has 0 aliphatic carbocycles. The first-order valence-corrected chi connectivity index (χ1v) is 6.24. The summed E-state index contributed by atoms with van der Waals surface area (Å²) in [6, 6.07) is 5.90. The number of anilines is 1. The van der Waals surface area contributed by atoms with Crippen LogP contribution in [0.25, 0.3) is 0 Å². The molecule has 0 saturated carbocycles. The number of carbonyl (C=O) groups excluding carboxylic acids is 1. The van der Waals surface area contributed by atoms with Crippen LogP contribution in [-0.4, -0.2) is 19.6 Å². The molecule has 4 nitrogen and oxygen atoms in total. The van der Waals surface area contributed by atoms with Crippen LogP contribution in [0.4, 0.5) is 5.69 Å². The van der Waals surface area contributed by atoms with E-state index < -0.39 is 0 Å². The molecule has 0 spiro atoms. The number of amides is 1. The fourth-order valence-corrected chi connectivity index (χ4v) is 1.91. The van der Waals surface area contributed by atoms with Crippen LogP contribution in [0.15, 0.2) is 18.2 Å². The number of nitrogens with two attached hydrogens (primary N) is 1. The van der Waals surface area contributed by atoms with E-state index in [1.807, 2.05) is 18.2 Å². The molecular formula is C14H22N2O2. The largest absolute Gasteiger partial charge is 0.495 e. The van der Waals surface area contributed by atoms with Crippen molar-refractivity contribution in [2.24, 2.45) is 5.73 Å². The molecule has 1 aromatic rings. The van der Waals surface area contributed by atoms with Gasteiger partial charge in [0, 0.05) is 6.92 Å². The Morgan fingerprint density at radius 2 is 2.22 bits per heavy atom. The topological polar surface area (TPSA) is 64.3 Å². The van der Waals surface area contributed by atoms with Crippen molar-refractivity contribution >= 4 is 11.6 Å². The van der Waals surface area contributed by atoms with Gasteiger partial charge < -0.3 is 15.8 Å². The van der Waals surface area contributed by atoms with Gasteiger partial charge in [-0.3, -0.25) is 4.79 Å². The second-order valence-electron chi connectivity index (χ2n) is 4.47. The average Bonchev–Trinajstić information content (AvgIpc) is 2.35. The van der Waals surface area contributed by atoms with Gasteiger partial charge in [-0.15, -0.1) is 0 Å². The Labute approximate surface area is 109 Å². The number of hydrogen-bond acceptors (Lipinski definition) is 3.